The molecule has 0 aliphatic carbocycles. The third kappa shape index (κ3) is 3.12. The molecular formula is C10H14N2O3. The molecule has 0 aliphatic heterocycles. The van der Waals surface area contributed by atoms with Crippen molar-refractivity contribution < 1.29 is 14.6 Å². The third-order valence-corrected chi connectivity index (χ3v) is 1.90. The molecule has 0 aliphatic rings. The first kappa shape index (κ1) is 11.3. The van der Waals surface area contributed by atoms with Crippen LogP contribution in [-0.2, 0) is 16.0 Å². The van der Waals surface area contributed by atoms with Gasteiger partial charge in [-0.25, -0.2) is 0 Å². The summed E-state index contributed by atoms with van der Waals surface area (Å²) < 4.78 is 4.75. The van der Waals surface area contributed by atoms with Crippen molar-refractivity contribution in [3.05, 3.63) is 18.0 Å². The Kier molecular flexibility index (Phi) is 3.91. The second-order valence-corrected chi connectivity index (χ2v) is 3.00. The second-order valence-electron chi connectivity index (χ2n) is 3.00. The molecule has 0 saturated carbocycles. The summed E-state index contributed by atoms with van der Waals surface area (Å²) in [6, 6.07) is 1.50. The largest absolute Gasteiger partial charge is 0.504 e. The van der Waals surface area contributed by atoms with Gasteiger partial charge in [-0.1, -0.05) is 0 Å². The SMILES string of the molecule is CCOC(=O)CCc1nccc(N)c1O. The molecule has 1 aromatic rings. The second kappa shape index (κ2) is 5.19. The van der Waals surface area contributed by atoms with Crippen molar-refractivity contribution in [2.75, 3.05) is 12.3 Å². The van der Waals surface area contributed by atoms with Gasteiger partial charge in [0.1, 0.15) is 0 Å². The fourth-order valence-corrected chi connectivity index (χ4v) is 1.15. The van der Waals surface area contributed by atoms with Crippen LogP contribution in [0.3, 0.4) is 0 Å². The molecule has 0 unspecified atom stereocenters. The van der Waals surface area contributed by atoms with E-state index in [1.54, 1.807) is 6.92 Å². The average molecular weight is 210 g/mol. The maximum absolute atomic E-state index is 11.0. The van der Waals surface area contributed by atoms with Gasteiger partial charge in [0.15, 0.2) is 5.75 Å². The fourth-order valence-electron chi connectivity index (χ4n) is 1.15. The molecule has 0 aromatic carbocycles. The molecule has 1 heterocycles. The zero-order valence-corrected chi connectivity index (χ0v) is 8.56. The van der Waals surface area contributed by atoms with Crippen LogP contribution < -0.4 is 5.73 Å². The molecule has 0 saturated heterocycles. The minimum absolute atomic E-state index is 0.0539. The Morgan fingerprint density at radius 2 is 2.40 bits per heavy atom. The van der Waals surface area contributed by atoms with Crippen LogP contribution in [0.4, 0.5) is 5.69 Å². The molecule has 0 amide bonds. The molecular weight excluding hydrogens is 196 g/mol. The number of hydrogen-bond donors (Lipinski definition) is 2. The molecule has 3 N–H and O–H groups in total. The highest BCUT2D eigenvalue weighted by Crippen LogP contribution is 2.23. The first-order chi connectivity index (χ1) is 7.15. The van der Waals surface area contributed by atoms with E-state index >= 15 is 0 Å². The number of carbonyl (C=O) groups is 1. The predicted molar refractivity (Wildman–Crippen MR) is 55.3 cm³/mol. The van der Waals surface area contributed by atoms with Crippen LogP contribution in [-0.4, -0.2) is 22.7 Å². The monoisotopic (exact) mass is 210 g/mol. The van der Waals surface area contributed by atoms with E-state index in [1.165, 1.54) is 12.3 Å². The fraction of sp³-hybridized carbons (Fsp3) is 0.400. The lowest BCUT2D eigenvalue weighted by Gasteiger charge is -2.05. The Morgan fingerprint density at radius 3 is 3.07 bits per heavy atom. The maximum atomic E-state index is 11.0. The number of ether oxygens (including phenoxy) is 1. The van der Waals surface area contributed by atoms with Gasteiger partial charge in [-0.3, -0.25) is 9.78 Å². The molecule has 1 rings (SSSR count). The van der Waals surface area contributed by atoms with Gasteiger partial charge in [0.05, 0.1) is 24.4 Å². The normalized spacial score (nSPS) is 9.93. The molecule has 0 atom stereocenters. The maximum Gasteiger partial charge on any atom is 0.306 e. The number of nitrogens with zero attached hydrogens (tertiary/aromatic N) is 1. The molecule has 0 fully saturated rings. The van der Waals surface area contributed by atoms with E-state index < -0.39 is 0 Å². The summed E-state index contributed by atoms with van der Waals surface area (Å²) in [6.07, 6.45) is 2.02. The van der Waals surface area contributed by atoms with Crippen LogP contribution in [0.5, 0.6) is 5.75 Å². The Hall–Kier alpha value is -1.78. The molecule has 5 nitrogen and oxygen atoms in total. The number of anilines is 1. The molecule has 15 heavy (non-hydrogen) atoms. The van der Waals surface area contributed by atoms with Gasteiger partial charge >= 0.3 is 5.97 Å². The van der Waals surface area contributed by atoms with Crippen LogP contribution in [0.25, 0.3) is 0 Å². The number of aryl methyl sites for hydroxylation is 1. The van der Waals surface area contributed by atoms with Gasteiger partial charge in [0.2, 0.25) is 0 Å². The van der Waals surface area contributed by atoms with E-state index in [4.69, 9.17) is 10.5 Å². The first-order valence-electron chi connectivity index (χ1n) is 4.73. The smallest absolute Gasteiger partial charge is 0.306 e. The summed E-state index contributed by atoms with van der Waals surface area (Å²) >= 11 is 0. The highest BCUT2D eigenvalue weighted by atomic mass is 16.5. The van der Waals surface area contributed by atoms with E-state index in [-0.39, 0.29) is 23.8 Å². The minimum atomic E-state index is -0.305. The number of nitrogen functional groups attached to an aromatic ring is 1. The number of carbonyl (C=O) groups excluding carboxylic acids is 1. The van der Waals surface area contributed by atoms with Crippen molar-refractivity contribution >= 4 is 11.7 Å². The summed E-state index contributed by atoms with van der Waals surface area (Å²) in [6.45, 7) is 2.10. The van der Waals surface area contributed by atoms with E-state index in [0.29, 0.717) is 18.7 Å². The first-order valence-corrected chi connectivity index (χ1v) is 4.73. The number of aromatic nitrogens is 1. The van der Waals surface area contributed by atoms with Gasteiger partial charge in [-0.2, -0.15) is 0 Å². The molecule has 0 radical (unpaired) electrons. The van der Waals surface area contributed by atoms with Crippen LogP contribution in [0.15, 0.2) is 12.3 Å². The topological polar surface area (TPSA) is 85.4 Å². The van der Waals surface area contributed by atoms with E-state index in [9.17, 15) is 9.90 Å². The highest BCUT2D eigenvalue weighted by Gasteiger charge is 2.09. The van der Waals surface area contributed by atoms with Gasteiger partial charge in [0.25, 0.3) is 0 Å². The molecule has 82 valence electrons. The van der Waals surface area contributed by atoms with Crippen molar-refractivity contribution in [1.29, 1.82) is 0 Å². The Morgan fingerprint density at radius 1 is 1.67 bits per heavy atom. The van der Waals surface area contributed by atoms with Crippen LogP contribution in [0.1, 0.15) is 19.0 Å². The standard InChI is InChI=1S/C10H14N2O3/c1-2-15-9(13)4-3-8-10(14)7(11)5-6-12-8/h5-6,14H,2-4H2,1H3,(H2,11,12). The van der Waals surface area contributed by atoms with Gasteiger partial charge in [-0.15, -0.1) is 0 Å². The number of esters is 1. The number of nitrogens with two attached hydrogens (primary N) is 1. The Labute approximate surface area is 87.9 Å². The Balaban J connectivity index is 2.58. The summed E-state index contributed by atoms with van der Waals surface area (Å²) in [5, 5.41) is 9.50. The zero-order chi connectivity index (χ0) is 11.3. The van der Waals surface area contributed by atoms with Crippen molar-refractivity contribution in [3.63, 3.8) is 0 Å². The van der Waals surface area contributed by atoms with Crippen molar-refractivity contribution in [2.45, 2.75) is 19.8 Å². The predicted octanol–water partition coefficient (Wildman–Crippen LogP) is 0.865. The van der Waals surface area contributed by atoms with Crippen molar-refractivity contribution in [1.82, 2.24) is 4.98 Å². The van der Waals surface area contributed by atoms with E-state index in [2.05, 4.69) is 4.98 Å². The summed E-state index contributed by atoms with van der Waals surface area (Å²) in [5.74, 6) is -0.358. The summed E-state index contributed by atoms with van der Waals surface area (Å²) in [4.78, 5) is 15.0. The van der Waals surface area contributed by atoms with Gasteiger partial charge in [0, 0.05) is 12.6 Å². The lowest BCUT2D eigenvalue weighted by atomic mass is 10.2. The van der Waals surface area contributed by atoms with Crippen molar-refractivity contribution in [3.8, 4) is 5.75 Å². The van der Waals surface area contributed by atoms with Crippen LogP contribution in [0, 0.1) is 0 Å². The number of pyridine rings is 1. The number of aromatic hydroxyl groups is 1. The van der Waals surface area contributed by atoms with Gasteiger partial charge < -0.3 is 15.6 Å². The van der Waals surface area contributed by atoms with E-state index in [0.717, 1.165) is 0 Å². The Bertz CT molecular complexity index is 353. The zero-order valence-electron chi connectivity index (χ0n) is 8.56. The molecule has 0 bridgehead atoms. The minimum Gasteiger partial charge on any atom is -0.504 e. The van der Waals surface area contributed by atoms with Crippen LogP contribution >= 0.6 is 0 Å². The van der Waals surface area contributed by atoms with Gasteiger partial charge in [-0.05, 0) is 13.0 Å². The molecule has 5 heteroatoms. The quantitative estimate of drug-likeness (QED) is 0.720. The van der Waals surface area contributed by atoms with Crippen molar-refractivity contribution in [2.24, 2.45) is 0 Å². The third-order valence-electron chi connectivity index (χ3n) is 1.90. The molecule has 1 aromatic heterocycles. The molecule has 0 spiro atoms. The lowest BCUT2D eigenvalue weighted by Crippen LogP contribution is -2.06. The van der Waals surface area contributed by atoms with Crippen LogP contribution in [0.2, 0.25) is 0 Å². The average Bonchev–Trinajstić information content (AvgIpc) is 2.21. The van der Waals surface area contributed by atoms with E-state index in [1.807, 2.05) is 0 Å². The highest BCUT2D eigenvalue weighted by molar-refractivity contribution is 5.70. The summed E-state index contributed by atoms with van der Waals surface area (Å²) in [7, 11) is 0. The lowest BCUT2D eigenvalue weighted by molar-refractivity contribution is -0.143. The number of rotatable bonds is 4. The summed E-state index contributed by atoms with van der Waals surface area (Å²) in [5.41, 5.74) is 6.17. The number of hydrogen-bond acceptors (Lipinski definition) is 5.